The summed E-state index contributed by atoms with van der Waals surface area (Å²) in [4.78, 5) is 2.23. The smallest absolute Gasteiger partial charge is 0.128 e. The predicted octanol–water partition coefficient (Wildman–Crippen LogP) is 2.32. The van der Waals surface area contributed by atoms with Crippen LogP contribution in [0.4, 0.5) is 4.39 Å². The fraction of sp³-hybridized carbons (Fsp3) is 0.600. The Hall–Kier alpha value is -0.970. The van der Waals surface area contributed by atoms with E-state index >= 15 is 0 Å². The highest BCUT2D eigenvalue weighted by atomic mass is 19.1. The highest BCUT2D eigenvalue weighted by Crippen LogP contribution is 2.30. The Morgan fingerprint density at radius 1 is 1.37 bits per heavy atom. The second-order valence-corrected chi connectivity index (χ2v) is 5.90. The molecule has 3 nitrogen and oxygen atoms in total. The molecule has 106 valence electrons. The van der Waals surface area contributed by atoms with Gasteiger partial charge >= 0.3 is 0 Å². The van der Waals surface area contributed by atoms with Crippen LogP contribution in [0.1, 0.15) is 32.4 Å². The number of nitrogens with zero attached hydrogens (tertiary/aromatic N) is 1. The van der Waals surface area contributed by atoms with Crippen molar-refractivity contribution in [3.05, 3.63) is 35.6 Å². The molecule has 4 heteroatoms. The first kappa shape index (κ1) is 14.4. The summed E-state index contributed by atoms with van der Waals surface area (Å²) in [6.45, 7) is 8.24. The molecule has 2 atom stereocenters. The van der Waals surface area contributed by atoms with Gasteiger partial charge in [0.05, 0.1) is 18.2 Å². The van der Waals surface area contributed by atoms with Crippen molar-refractivity contribution in [3.8, 4) is 0 Å². The molecule has 19 heavy (non-hydrogen) atoms. The number of hydrogen-bond acceptors (Lipinski definition) is 3. The highest BCUT2D eigenvalue weighted by molar-refractivity contribution is 5.23. The first-order valence-electron chi connectivity index (χ1n) is 6.79. The van der Waals surface area contributed by atoms with Gasteiger partial charge in [-0.3, -0.25) is 4.90 Å². The van der Waals surface area contributed by atoms with Crippen molar-refractivity contribution in [2.75, 3.05) is 19.7 Å². The van der Waals surface area contributed by atoms with Crippen LogP contribution in [0.2, 0.25) is 0 Å². The van der Waals surface area contributed by atoms with Gasteiger partial charge in [0.15, 0.2) is 0 Å². The zero-order chi connectivity index (χ0) is 14.0. The van der Waals surface area contributed by atoms with Crippen LogP contribution >= 0.6 is 0 Å². The number of benzene rings is 1. The molecule has 0 aliphatic carbocycles. The maximum absolute atomic E-state index is 14.0. The van der Waals surface area contributed by atoms with Crippen LogP contribution in [-0.4, -0.2) is 36.2 Å². The maximum atomic E-state index is 14.0. The normalized spacial score (nSPS) is 23.0. The lowest BCUT2D eigenvalue weighted by Gasteiger charge is -2.43. The second-order valence-electron chi connectivity index (χ2n) is 5.90. The van der Waals surface area contributed by atoms with Gasteiger partial charge in [0, 0.05) is 24.7 Å². The Morgan fingerprint density at radius 3 is 2.63 bits per heavy atom. The van der Waals surface area contributed by atoms with Crippen LogP contribution in [0.25, 0.3) is 0 Å². The lowest BCUT2D eigenvalue weighted by Crippen LogP contribution is -2.52. The Kier molecular flexibility index (Phi) is 4.23. The molecule has 2 rings (SSSR count). The predicted molar refractivity (Wildman–Crippen MR) is 74.4 cm³/mol. The maximum Gasteiger partial charge on any atom is 0.128 e. The van der Waals surface area contributed by atoms with E-state index in [0.717, 1.165) is 13.1 Å². The van der Waals surface area contributed by atoms with Crippen molar-refractivity contribution in [3.63, 3.8) is 0 Å². The summed E-state index contributed by atoms with van der Waals surface area (Å²) in [5.41, 5.74) is 6.57. The minimum Gasteiger partial charge on any atom is -0.373 e. The molecule has 1 heterocycles. The quantitative estimate of drug-likeness (QED) is 0.912. The van der Waals surface area contributed by atoms with Crippen molar-refractivity contribution in [1.82, 2.24) is 4.90 Å². The van der Waals surface area contributed by atoms with Crippen LogP contribution in [0, 0.1) is 5.82 Å². The van der Waals surface area contributed by atoms with E-state index in [1.54, 1.807) is 6.07 Å². The summed E-state index contributed by atoms with van der Waals surface area (Å²) in [5.74, 6) is -0.186. The van der Waals surface area contributed by atoms with Crippen molar-refractivity contribution in [2.24, 2.45) is 5.73 Å². The second kappa shape index (κ2) is 5.57. The number of hydrogen-bond donors (Lipinski definition) is 1. The first-order valence-corrected chi connectivity index (χ1v) is 6.79. The summed E-state index contributed by atoms with van der Waals surface area (Å²) in [7, 11) is 0. The summed E-state index contributed by atoms with van der Waals surface area (Å²) in [6, 6.07) is 6.65. The molecule has 0 spiro atoms. The summed E-state index contributed by atoms with van der Waals surface area (Å²) in [6.07, 6.45) is 0. The van der Waals surface area contributed by atoms with Gasteiger partial charge in [0.2, 0.25) is 0 Å². The van der Waals surface area contributed by atoms with Crippen LogP contribution in [0.15, 0.2) is 24.3 Å². The minimum absolute atomic E-state index is 0.107. The zero-order valence-electron chi connectivity index (χ0n) is 11.9. The summed E-state index contributed by atoms with van der Waals surface area (Å²) in [5, 5.41) is 0. The largest absolute Gasteiger partial charge is 0.373 e. The molecule has 1 aromatic carbocycles. The van der Waals surface area contributed by atoms with Gasteiger partial charge in [-0.25, -0.2) is 4.39 Å². The fourth-order valence-electron chi connectivity index (χ4n) is 2.82. The van der Waals surface area contributed by atoms with E-state index in [1.807, 2.05) is 19.1 Å². The van der Waals surface area contributed by atoms with E-state index in [2.05, 4.69) is 18.7 Å². The molecule has 1 aliphatic heterocycles. The molecule has 0 aromatic heterocycles. The van der Waals surface area contributed by atoms with Crippen LogP contribution in [-0.2, 0) is 4.74 Å². The molecular formula is C15H23FN2O. The third-order valence-electron chi connectivity index (χ3n) is 3.57. The highest BCUT2D eigenvalue weighted by Gasteiger charge is 2.34. The zero-order valence-corrected chi connectivity index (χ0v) is 11.9. The van der Waals surface area contributed by atoms with E-state index in [4.69, 9.17) is 10.5 Å². The van der Waals surface area contributed by atoms with E-state index in [9.17, 15) is 4.39 Å². The van der Waals surface area contributed by atoms with E-state index in [-0.39, 0.29) is 23.5 Å². The number of ether oxygens (including phenoxy) is 1. The van der Waals surface area contributed by atoms with Crippen LogP contribution in [0.3, 0.4) is 0 Å². The number of halogens is 1. The molecule has 0 bridgehead atoms. The molecule has 0 amide bonds. The fourth-order valence-corrected chi connectivity index (χ4v) is 2.82. The number of rotatable bonds is 3. The summed E-state index contributed by atoms with van der Waals surface area (Å²) < 4.78 is 19.7. The summed E-state index contributed by atoms with van der Waals surface area (Å²) >= 11 is 0. The van der Waals surface area contributed by atoms with Crippen molar-refractivity contribution < 1.29 is 9.13 Å². The van der Waals surface area contributed by atoms with Gasteiger partial charge in [-0.05, 0) is 26.8 Å². The molecule has 2 unspecified atom stereocenters. The molecule has 1 fully saturated rings. The van der Waals surface area contributed by atoms with Crippen LogP contribution in [0.5, 0.6) is 0 Å². The number of nitrogens with two attached hydrogens (primary N) is 1. The third-order valence-corrected chi connectivity index (χ3v) is 3.57. The minimum atomic E-state index is -0.212. The van der Waals surface area contributed by atoms with Crippen LogP contribution < -0.4 is 5.73 Å². The molecule has 2 N–H and O–H groups in total. The molecule has 1 aliphatic rings. The van der Waals surface area contributed by atoms with Crippen molar-refractivity contribution >= 4 is 0 Å². The molecule has 1 saturated heterocycles. The van der Waals surface area contributed by atoms with Crippen molar-refractivity contribution in [2.45, 2.75) is 38.5 Å². The molecule has 0 radical (unpaired) electrons. The average molecular weight is 266 g/mol. The molecular weight excluding hydrogens is 243 g/mol. The SMILES string of the molecule is CC(N)C(c1ccccc1F)N1CCOC(C)(C)C1. The Balaban J connectivity index is 2.28. The third kappa shape index (κ3) is 3.32. The van der Waals surface area contributed by atoms with Gasteiger partial charge in [-0.1, -0.05) is 18.2 Å². The van der Waals surface area contributed by atoms with Gasteiger partial charge in [-0.2, -0.15) is 0 Å². The van der Waals surface area contributed by atoms with Crippen molar-refractivity contribution in [1.29, 1.82) is 0 Å². The standard InChI is InChI=1S/C15H23FN2O/c1-11(17)14(12-6-4-5-7-13(12)16)18-8-9-19-15(2,3)10-18/h4-7,11,14H,8-10,17H2,1-3H3. The first-order chi connectivity index (χ1) is 8.91. The Bertz CT molecular complexity index is 434. The van der Waals surface area contributed by atoms with E-state index < -0.39 is 0 Å². The van der Waals surface area contributed by atoms with Gasteiger partial charge < -0.3 is 10.5 Å². The van der Waals surface area contributed by atoms with E-state index in [0.29, 0.717) is 12.2 Å². The van der Waals surface area contributed by atoms with Gasteiger partial charge in [-0.15, -0.1) is 0 Å². The lowest BCUT2D eigenvalue weighted by atomic mass is 9.96. The molecule has 0 saturated carbocycles. The Labute approximate surface area is 114 Å². The number of morpholine rings is 1. The van der Waals surface area contributed by atoms with Gasteiger partial charge in [0.1, 0.15) is 5.82 Å². The topological polar surface area (TPSA) is 38.5 Å². The monoisotopic (exact) mass is 266 g/mol. The van der Waals surface area contributed by atoms with Gasteiger partial charge in [0.25, 0.3) is 0 Å². The van der Waals surface area contributed by atoms with E-state index in [1.165, 1.54) is 6.07 Å². The average Bonchev–Trinajstić information content (AvgIpc) is 2.30. The molecule has 1 aromatic rings. The Morgan fingerprint density at radius 2 is 2.05 bits per heavy atom. The lowest BCUT2D eigenvalue weighted by molar-refractivity contribution is -0.0998.